The monoisotopic (exact) mass is 1120 g/mol. The third-order valence-corrected chi connectivity index (χ3v) is 14.3. The molecule has 2 amide bonds. The van der Waals surface area contributed by atoms with Crippen LogP contribution < -0.4 is 0 Å². The van der Waals surface area contributed by atoms with E-state index >= 15 is 0 Å². The lowest BCUT2D eigenvalue weighted by Gasteiger charge is -2.39. The summed E-state index contributed by atoms with van der Waals surface area (Å²) in [6.45, 7) is 4.50. The van der Waals surface area contributed by atoms with Crippen LogP contribution >= 0.6 is 46.4 Å². The van der Waals surface area contributed by atoms with Gasteiger partial charge in [-0.25, -0.2) is 9.59 Å². The number of alkyl halides is 6. The molecule has 10 rings (SSSR count). The number of piperazine rings is 2. The number of carbonyl (C=O) groups excluding carboxylic acids is 2. The summed E-state index contributed by atoms with van der Waals surface area (Å²) in [5.74, 6) is 0. The Morgan fingerprint density at radius 1 is 0.382 bits per heavy atom. The summed E-state index contributed by atoms with van der Waals surface area (Å²) in [5.41, 5.74) is 5.14. The second-order valence-electron chi connectivity index (χ2n) is 18.1. The third-order valence-electron chi connectivity index (χ3n) is 13.3. The topological polar surface area (TPSA) is 82.7 Å². The molecule has 2 aromatic heterocycles. The molecule has 392 valence electrons. The molecule has 8 aromatic rings. The Morgan fingerprint density at radius 3 is 0.895 bits per heavy atom. The van der Waals surface area contributed by atoms with Crippen LogP contribution in [0.5, 0.6) is 0 Å². The van der Waals surface area contributed by atoms with Crippen LogP contribution in [0, 0.1) is 0 Å². The number of halogens is 10. The number of amides is 2. The van der Waals surface area contributed by atoms with E-state index in [4.69, 9.17) is 46.4 Å². The van der Waals surface area contributed by atoms with E-state index in [0.29, 0.717) is 94.7 Å². The van der Waals surface area contributed by atoms with Crippen LogP contribution in [0.25, 0.3) is 22.3 Å². The molecule has 2 aliphatic rings. The lowest BCUT2D eigenvalue weighted by atomic mass is 9.96. The van der Waals surface area contributed by atoms with Gasteiger partial charge in [-0.2, -0.15) is 45.9 Å². The molecule has 2 aliphatic heterocycles. The van der Waals surface area contributed by atoms with Gasteiger partial charge in [0.1, 0.15) is 0 Å². The van der Waals surface area contributed by atoms with E-state index in [1.54, 1.807) is 22.2 Å². The maximum Gasteiger partial charge on any atom is 0.416 e. The van der Waals surface area contributed by atoms with Crippen LogP contribution in [0.2, 0.25) is 20.1 Å². The van der Waals surface area contributed by atoms with Crippen molar-refractivity contribution in [3.8, 4) is 22.3 Å². The van der Waals surface area contributed by atoms with E-state index in [2.05, 4.69) is 20.0 Å². The van der Waals surface area contributed by atoms with Gasteiger partial charge in [0.2, 0.25) is 0 Å². The Balaban J connectivity index is 0.000000186. The smallest absolute Gasteiger partial charge is 0.320 e. The van der Waals surface area contributed by atoms with Gasteiger partial charge in [0.05, 0.1) is 35.6 Å². The van der Waals surface area contributed by atoms with E-state index in [0.717, 1.165) is 46.5 Å². The highest BCUT2D eigenvalue weighted by Gasteiger charge is 2.33. The van der Waals surface area contributed by atoms with Gasteiger partial charge in [0.25, 0.3) is 0 Å². The van der Waals surface area contributed by atoms with Gasteiger partial charge >= 0.3 is 24.4 Å². The number of nitrogens with zero attached hydrogens (tertiary/aromatic N) is 8. The van der Waals surface area contributed by atoms with Crippen LogP contribution in [-0.4, -0.2) is 104 Å². The number of aromatic nitrogens is 4. The molecule has 0 atom stereocenters. The first-order valence-electron chi connectivity index (χ1n) is 23.9. The minimum Gasteiger partial charge on any atom is -0.320 e. The molecule has 0 bridgehead atoms. The average molecular weight is 1120 g/mol. The highest BCUT2D eigenvalue weighted by atomic mass is 35.5. The van der Waals surface area contributed by atoms with E-state index in [9.17, 15) is 35.9 Å². The van der Waals surface area contributed by atoms with Gasteiger partial charge in [0.15, 0.2) is 0 Å². The van der Waals surface area contributed by atoms with Gasteiger partial charge in [0, 0.05) is 96.0 Å². The predicted molar refractivity (Wildman–Crippen MR) is 283 cm³/mol. The Hall–Kier alpha value is -6.66. The molecule has 6 aromatic carbocycles. The van der Waals surface area contributed by atoms with Gasteiger partial charge in [-0.15, -0.1) is 0 Å². The van der Waals surface area contributed by atoms with E-state index < -0.39 is 23.5 Å². The number of hydrogen-bond acceptors (Lipinski definition) is 6. The second-order valence-corrected chi connectivity index (χ2v) is 19.9. The average Bonchev–Trinajstić information content (AvgIpc) is 4.14. The van der Waals surface area contributed by atoms with E-state index in [1.807, 2.05) is 97.1 Å². The van der Waals surface area contributed by atoms with Crippen molar-refractivity contribution in [1.29, 1.82) is 0 Å². The zero-order valence-electron chi connectivity index (χ0n) is 40.2. The van der Waals surface area contributed by atoms with Crippen molar-refractivity contribution in [1.82, 2.24) is 39.2 Å². The van der Waals surface area contributed by atoms with E-state index in [-0.39, 0.29) is 24.1 Å². The van der Waals surface area contributed by atoms with Crippen LogP contribution in [-0.2, 0) is 12.4 Å². The molecule has 0 saturated carbocycles. The molecular formula is C56H46Cl4F6N8O2. The molecule has 0 N–H and O–H groups in total. The first kappa shape index (κ1) is 54.1. The molecule has 0 unspecified atom stereocenters. The van der Waals surface area contributed by atoms with Gasteiger partial charge in [-0.3, -0.25) is 9.80 Å². The van der Waals surface area contributed by atoms with Crippen molar-refractivity contribution in [2.24, 2.45) is 0 Å². The minimum absolute atomic E-state index is 0.0299. The molecule has 4 heterocycles. The summed E-state index contributed by atoms with van der Waals surface area (Å²) < 4.78 is 79.6. The summed E-state index contributed by atoms with van der Waals surface area (Å²) in [7, 11) is 0. The van der Waals surface area contributed by atoms with Crippen LogP contribution in [0.4, 0.5) is 35.9 Å². The summed E-state index contributed by atoms with van der Waals surface area (Å²) >= 11 is 24.5. The highest BCUT2D eigenvalue weighted by molar-refractivity contribution is 6.31. The van der Waals surface area contributed by atoms with Crippen molar-refractivity contribution in [2.75, 3.05) is 52.4 Å². The SMILES string of the molecule is O=C(N1CCN(C(c2ccc(Cl)cc2)c2ccc(Cl)cc2)CC1)n1cc(-c2ccc(C(F)(F)F)cc2)cn1.O=C(N1CCN(C(c2ccc(Cl)cc2)c2ccc(Cl)cc2)CC1)n1cc(-c2ccc(C(F)(F)F)cc2)cn1. The highest BCUT2D eigenvalue weighted by Crippen LogP contribution is 2.35. The van der Waals surface area contributed by atoms with Crippen molar-refractivity contribution >= 4 is 58.5 Å². The Bertz CT molecular complexity index is 2920. The number of carbonyl (C=O) groups is 2. The van der Waals surface area contributed by atoms with Crippen LogP contribution in [0.1, 0.15) is 45.5 Å². The fraction of sp³-hybridized carbons (Fsp3) is 0.214. The third kappa shape index (κ3) is 12.9. The van der Waals surface area contributed by atoms with Crippen LogP contribution in [0.3, 0.4) is 0 Å². The number of hydrogen-bond donors (Lipinski definition) is 0. The van der Waals surface area contributed by atoms with Crippen molar-refractivity contribution in [3.05, 3.63) is 224 Å². The summed E-state index contributed by atoms with van der Waals surface area (Å²) in [4.78, 5) is 34.4. The van der Waals surface area contributed by atoms with Crippen molar-refractivity contribution in [2.45, 2.75) is 24.4 Å². The van der Waals surface area contributed by atoms with Gasteiger partial charge in [-0.1, -0.05) is 119 Å². The van der Waals surface area contributed by atoms with Gasteiger partial charge in [-0.05, 0) is 106 Å². The molecule has 76 heavy (non-hydrogen) atoms. The second kappa shape index (κ2) is 23.3. The van der Waals surface area contributed by atoms with Crippen molar-refractivity contribution < 1.29 is 35.9 Å². The lowest BCUT2D eigenvalue weighted by molar-refractivity contribution is -0.138. The molecule has 0 spiro atoms. The molecule has 0 aliphatic carbocycles. The largest absolute Gasteiger partial charge is 0.416 e. The molecular weight excluding hydrogens is 1070 g/mol. The first-order valence-corrected chi connectivity index (χ1v) is 25.4. The maximum absolute atomic E-state index is 13.2. The summed E-state index contributed by atoms with van der Waals surface area (Å²) in [6, 6.07) is 39.9. The maximum atomic E-state index is 13.2. The Kier molecular flexibility index (Phi) is 16.6. The zero-order chi connectivity index (χ0) is 53.7. The normalized spacial score (nSPS) is 14.7. The molecule has 2 saturated heterocycles. The Morgan fingerprint density at radius 2 is 0.645 bits per heavy atom. The fourth-order valence-corrected chi connectivity index (χ4v) is 9.80. The standard InChI is InChI=1S/2C28H23Cl2F3N4O/c2*29-24-9-3-20(4-10-24)26(21-5-11-25(30)12-6-21)35-13-15-36(16-14-35)27(38)37-18-22(17-34-37)19-1-7-23(8-2-19)28(31,32)33/h2*1-12,17-18,26H,13-16H2. The minimum atomic E-state index is -4.40. The van der Waals surface area contributed by atoms with Crippen molar-refractivity contribution in [3.63, 3.8) is 0 Å². The summed E-state index contributed by atoms with van der Waals surface area (Å²) in [6.07, 6.45) is -2.76. The molecule has 10 nitrogen and oxygen atoms in total. The molecule has 2 fully saturated rings. The predicted octanol–water partition coefficient (Wildman–Crippen LogP) is 14.5. The number of benzene rings is 6. The fourth-order valence-electron chi connectivity index (χ4n) is 9.30. The lowest BCUT2D eigenvalue weighted by Crippen LogP contribution is -2.51. The first-order chi connectivity index (χ1) is 36.4. The van der Waals surface area contributed by atoms with Crippen LogP contribution in [0.15, 0.2) is 170 Å². The van der Waals surface area contributed by atoms with E-state index in [1.165, 1.54) is 46.0 Å². The quantitative estimate of drug-likeness (QED) is 0.141. The molecule has 20 heteroatoms. The summed E-state index contributed by atoms with van der Waals surface area (Å²) in [5, 5.41) is 11.0. The Labute approximate surface area is 454 Å². The number of rotatable bonds is 8. The van der Waals surface area contributed by atoms with Gasteiger partial charge < -0.3 is 9.80 Å². The zero-order valence-corrected chi connectivity index (χ0v) is 43.2. The molecule has 0 radical (unpaired) electrons.